The van der Waals surface area contributed by atoms with Gasteiger partial charge in [0.25, 0.3) is 0 Å². The molecule has 1 radical (unpaired) electrons. The summed E-state index contributed by atoms with van der Waals surface area (Å²) >= 11 is 0. The zero-order valence-corrected chi connectivity index (χ0v) is 30.0. The van der Waals surface area contributed by atoms with Crippen LogP contribution in [0.1, 0.15) is 130 Å². The van der Waals surface area contributed by atoms with E-state index in [9.17, 15) is 4.39 Å². The normalized spacial score (nSPS) is 15.6. The summed E-state index contributed by atoms with van der Waals surface area (Å²) in [7, 11) is 2.00. The topological polar surface area (TPSA) is 0 Å². The van der Waals surface area contributed by atoms with Crippen LogP contribution in [0.3, 0.4) is 0 Å². The molecule has 233 valence electrons. The molecule has 0 spiro atoms. The highest BCUT2D eigenvalue weighted by molar-refractivity contribution is 6.31. The Morgan fingerprint density at radius 1 is 1.07 bits per heavy atom. The number of hydrogen-bond donors (Lipinski definition) is 0. The fraction of sp³-hybridized carbons (Fsp3) is 0.590. The number of alkyl halides is 1. The van der Waals surface area contributed by atoms with Gasteiger partial charge in [0.05, 0.1) is 0 Å². The molecule has 1 aromatic carbocycles. The van der Waals surface area contributed by atoms with E-state index in [1.54, 1.807) is 30.5 Å². The smallest absolute Gasteiger partial charge is 0.105 e. The number of halogens is 1. The fourth-order valence-corrected chi connectivity index (χ4v) is 4.18. The first kappa shape index (κ1) is 43.4. The van der Waals surface area contributed by atoms with Crippen molar-refractivity contribution >= 4 is 19.4 Å². The van der Waals surface area contributed by atoms with Gasteiger partial charge in [-0.3, -0.25) is 0 Å². The fourth-order valence-electron chi connectivity index (χ4n) is 4.18. The Hall–Kier alpha value is -2.09. The van der Waals surface area contributed by atoms with Gasteiger partial charge in [-0.25, -0.2) is 4.39 Å². The summed E-state index contributed by atoms with van der Waals surface area (Å²) in [5.74, 6) is 1.65. The van der Waals surface area contributed by atoms with Gasteiger partial charge in [0, 0.05) is 0 Å². The lowest BCUT2D eigenvalue weighted by Crippen LogP contribution is -2.07. The van der Waals surface area contributed by atoms with Crippen molar-refractivity contribution in [3.05, 3.63) is 82.0 Å². The molecule has 0 heterocycles. The lowest BCUT2D eigenvalue weighted by atomic mass is 9.88. The largest absolute Gasteiger partial charge is 0.245 e. The maximum Gasteiger partial charge on any atom is 0.105 e. The summed E-state index contributed by atoms with van der Waals surface area (Å²) in [6, 6.07) is 2.38. The van der Waals surface area contributed by atoms with E-state index < -0.39 is 5.67 Å². The van der Waals surface area contributed by atoms with Gasteiger partial charge in [-0.05, 0) is 120 Å². The molecule has 1 aromatic rings. The lowest BCUT2D eigenvalue weighted by molar-refractivity contribution is 0.210. The monoisotopic (exact) mass is 566 g/mol. The van der Waals surface area contributed by atoms with E-state index in [1.807, 2.05) is 81.5 Å². The van der Waals surface area contributed by atoms with E-state index in [4.69, 9.17) is 0 Å². The molecule has 2 aliphatic rings. The highest BCUT2D eigenvalue weighted by Crippen LogP contribution is 2.39. The van der Waals surface area contributed by atoms with Crippen LogP contribution in [-0.4, -0.2) is 12.9 Å². The third-order valence-electron chi connectivity index (χ3n) is 6.56. The molecule has 0 saturated heterocycles. The van der Waals surface area contributed by atoms with Crippen LogP contribution >= 0.6 is 0 Å². The summed E-state index contributed by atoms with van der Waals surface area (Å²) in [5.41, 5.74) is 10.4. The number of allylic oxidation sites excluding steroid dienone is 6. The van der Waals surface area contributed by atoms with E-state index in [1.165, 1.54) is 47.9 Å². The quantitative estimate of drug-likeness (QED) is 0.238. The van der Waals surface area contributed by atoms with Crippen LogP contribution in [0.25, 0.3) is 12.2 Å². The average Bonchev–Trinajstić information content (AvgIpc) is 3.70. The van der Waals surface area contributed by atoms with Gasteiger partial charge in [-0.1, -0.05) is 122 Å². The van der Waals surface area contributed by atoms with Crippen LogP contribution in [0.2, 0.25) is 13.6 Å². The summed E-state index contributed by atoms with van der Waals surface area (Å²) in [5, 5.41) is 0. The molecule has 1 saturated carbocycles. The molecule has 1 unspecified atom stereocenters. The molecule has 0 N–H and O–H groups in total. The third-order valence-corrected chi connectivity index (χ3v) is 6.56. The van der Waals surface area contributed by atoms with Crippen LogP contribution < -0.4 is 0 Å². The Morgan fingerprint density at radius 2 is 1.56 bits per heavy atom. The Balaban J connectivity index is -0.000000552. The number of hydrogen-bond acceptors (Lipinski definition) is 0. The molecule has 3 rings (SSSR count). The summed E-state index contributed by atoms with van der Waals surface area (Å²) in [4.78, 5) is 0. The maximum absolute atomic E-state index is 12.1. The standard InChI is InChI=1S/C19H24.C9H14.C5H11F.C2H6B.2C2H6/c1-5-15-11-17-8-12(2)9-18(17)14(4)19(15)10-13(3)16-6-7-16;1-5-6-9(4)7-8(2)3;1-4-5(2,3)6;1-3-2;2*1-2/h5,10-12,16H,1,6-9H2,2-4H3;5-7H,2H2,1,3-4H3;4H2,1-3H3;1-2H3;2*1-2H3/b13-10+;6-5-,9-7-;;;;. The lowest BCUT2D eigenvalue weighted by Gasteiger charge is -2.13. The summed E-state index contributed by atoms with van der Waals surface area (Å²) < 4.78 is 12.1. The predicted molar refractivity (Wildman–Crippen MR) is 193 cm³/mol. The van der Waals surface area contributed by atoms with Crippen LogP contribution in [0.15, 0.2) is 54.2 Å². The van der Waals surface area contributed by atoms with Crippen molar-refractivity contribution < 1.29 is 4.39 Å². The Morgan fingerprint density at radius 3 is 1.93 bits per heavy atom. The minimum atomic E-state index is -0.958. The molecule has 0 nitrogen and oxygen atoms in total. The van der Waals surface area contributed by atoms with Crippen molar-refractivity contribution in [3.63, 3.8) is 0 Å². The second kappa shape index (κ2) is 24.5. The van der Waals surface area contributed by atoms with Crippen molar-refractivity contribution in [2.45, 2.75) is 141 Å². The van der Waals surface area contributed by atoms with Gasteiger partial charge in [0.1, 0.15) is 12.9 Å². The molecule has 0 bridgehead atoms. The first-order chi connectivity index (χ1) is 19.2. The highest BCUT2D eigenvalue weighted by atomic mass is 19.1. The molecule has 1 atom stereocenters. The molecular weight excluding hydrogens is 498 g/mol. The number of fused-ring (bicyclic) bond motifs is 1. The van der Waals surface area contributed by atoms with E-state index >= 15 is 0 Å². The van der Waals surface area contributed by atoms with Gasteiger partial charge in [0.2, 0.25) is 0 Å². The predicted octanol–water partition coefficient (Wildman–Crippen LogP) is 13.3. The SMILES string of the molecule is C=C(C)/C=C(C)\C=C/C.C=Cc1cc2c(c(C)c1/C=C(\C)C1CC1)CC(C)C2.CC.CC.CCC(C)(C)F.C[B]C. The number of benzene rings is 1. The van der Waals surface area contributed by atoms with Crippen LogP contribution in [0.4, 0.5) is 4.39 Å². The van der Waals surface area contributed by atoms with Crippen LogP contribution in [-0.2, 0) is 12.8 Å². The van der Waals surface area contributed by atoms with Crippen molar-refractivity contribution in [2.24, 2.45) is 11.8 Å². The molecule has 0 aromatic heterocycles. The van der Waals surface area contributed by atoms with Crippen molar-refractivity contribution in [1.29, 1.82) is 0 Å². The Labute approximate surface area is 258 Å². The third kappa shape index (κ3) is 20.4. The molecule has 1 fully saturated rings. The first-order valence-electron chi connectivity index (χ1n) is 16.1. The second-order valence-corrected chi connectivity index (χ2v) is 11.4. The number of rotatable bonds is 6. The molecule has 0 amide bonds. The summed E-state index contributed by atoms with van der Waals surface area (Å²) in [6.45, 7) is 37.8. The van der Waals surface area contributed by atoms with Crippen molar-refractivity contribution in [2.75, 3.05) is 0 Å². The zero-order chi connectivity index (χ0) is 32.8. The Bertz CT molecular complexity index is 949. The van der Waals surface area contributed by atoms with E-state index in [-0.39, 0.29) is 0 Å². The molecule has 2 heteroatoms. The van der Waals surface area contributed by atoms with Crippen LogP contribution in [0.5, 0.6) is 0 Å². The minimum Gasteiger partial charge on any atom is -0.245 e. The van der Waals surface area contributed by atoms with Gasteiger partial charge in [-0.15, -0.1) is 0 Å². The van der Waals surface area contributed by atoms with Gasteiger partial charge in [-0.2, -0.15) is 0 Å². The highest BCUT2D eigenvalue weighted by Gasteiger charge is 2.25. The minimum absolute atomic E-state index is 0.604. The molecule has 41 heavy (non-hydrogen) atoms. The maximum atomic E-state index is 12.1. The molecule has 2 aliphatic carbocycles. The first-order valence-corrected chi connectivity index (χ1v) is 16.1. The van der Waals surface area contributed by atoms with Gasteiger partial charge in [0.15, 0.2) is 0 Å². The van der Waals surface area contributed by atoms with E-state index in [0.29, 0.717) is 6.42 Å². The molecule has 0 aliphatic heterocycles. The van der Waals surface area contributed by atoms with Gasteiger partial charge >= 0.3 is 0 Å². The van der Waals surface area contributed by atoms with Gasteiger partial charge < -0.3 is 0 Å². The van der Waals surface area contributed by atoms with Crippen LogP contribution in [0, 0.1) is 18.8 Å². The second-order valence-electron chi connectivity index (χ2n) is 11.4. The average molecular weight is 566 g/mol. The molecular formula is C39H67BF. The van der Waals surface area contributed by atoms with Crippen molar-refractivity contribution in [1.82, 2.24) is 0 Å². The van der Waals surface area contributed by atoms with E-state index in [0.717, 1.165) is 17.4 Å². The van der Waals surface area contributed by atoms with Crippen molar-refractivity contribution in [3.8, 4) is 0 Å². The van der Waals surface area contributed by atoms with E-state index in [2.05, 4.69) is 65.1 Å². The Kier molecular flexibility index (Phi) is 25.9. The summed E-state index contributed by atoms with van der Waals surface area (Å²) in [6.07, 6.45) is 16.5. The zero-order valence-electron chi connectivity index (χ0n) is 30.0.